The molecular weight excluding hydrogens is 214 g/mol. The third kappa shape index (κ3) is 2.52. The van der Waals surface area contributed by atoms with Gasteiger partial charge in [0.25, 0.3) is 5.91 Å². The van der Waals surface area contributed by atoms with Crippen LogP contribution in [0.3, 0.4) is 0 Å². The highest BCUT2D eigenvalue weighted by Crippen LogP contribution is 2.12. The summed E-state index contributed by atoms with van der Waals surface area (Å²) in [6.07, 6.45) is -0.527. The Balaban J connectivity index is 1.95. The first-order chi connectivity index (χ1) is 7.83. The van der Waals surface area contributed by atoms with Crippen LogP contribution in [0.1, 0.15) is 0 Å². The molecule has 2 unspecified atom stereocenters. The molecule has 0 bridgehead atoms. The van der Waals surface area contributed by atoms with Gasteiger partial charge in [-0.2, -0.15) is 0 Å². The Kier molecular flexibility index (Phi) is 4.11. The van der Waals surface area contributed by atoms with Crippen molar-refractivity contribution in [2.24, 2.45) is 0 Å². The molecule has 1 amide bonds. The van der Waals surface area contributed by atoms with Crippen LogP contribution in [0.5, 0.6) is 0 Å². The average molecular weight is 231 g/mol. The molecule has 2 aliphatic rings. The lowest BCUT2D eigenvalue weighted by Gasteiger charge is -2.37. The quantitative estimate of drug-likeness (QED) is 0.634. The topological polar surface area (TPSA) is 68.2 Å². The van der Waals surface area contributed by atoms with E-state index in [1.165, 1.54) is 0 Å². The van der Waals surface area contributed by atoms with Crippen LogP contribution in [0.2, 0.25) is 0 Å². The van der Waals surface area contributed by atoms with E-state index in [1.54, 1.807) is 4.90 Å². The van der Waals surface area contributed by atoms with Gasteiger partial charge in [-0.3, -0.25) is 4.79 Å². The molecule has 0 aromatic rings. The summed E-state index contributed by atoms with van der Waals surface area (Å²) in [6, 6.07) is -0.258. The molecule has 1 N–H and O–H groups in total. The maximum atomic E-state index is 12.1. The summed E-state index contributed by atoms with van der Waals surface area (Å²) in [5.41, 5.74) is 0. The highest BCUT2D eigenvalue weighted by atomic mass is 16.6. The van der Waals surface area contributed by atoms with Crippen molar-refractivity contribution < 1.29 is 24.1 Å². The van der Waals surface area contributed by atoms with Crippen molar-refractivity contribution in [1.29, 1.82) is 0 Å². The van der Waals surface area contributed by atoms with Crippen LogP contribution in [0.4, 0.5) is 0 Å². The van der Waals surface area contributed by atoms with Crippen LogP contribution < -0.4 is 0 Å². The number of hydrogen-bond acceptors (Lipinski definition) is 5. The fraction of sp³-hybridized carbons (Fsp3) is 0.900. The van der Waals surface area contributed by atoms with E-state index in [-0.39, 0.29) is 18.6 Å². The largest absolute Gasteiger partial charge is 0.394 e. The van der Waals surface area contributed by atoms with Crippen LogP contribution in [-0.2, 0) is 19.0 Å². The van der Waals surface area contributed by atoms with Gasteiger partial charge >= 0.3 is 0 Å². The maximum absolute atomic E-state index is 12.1. The lowest BCUT2D eigenvalue weighted by molar-refractivity contribution is -0.166. The second-order valence-electron chi connectivity index (χ2n) is 3.88. The lowest BCUT2D eigenvalue weighted by Crippen LogP contribution is -2.55. The summed E-state index contributed by atoms with van der Waals surface area (Å²) >= 11 is 0. The van der Waals surface area contributed by atoms with Crippen molar-refractivity contribution in [2.75, 3.05) is 46.2 Å². The van der Waals surface area contributed by atoms with Crippen LogP contribution in [0.25, 0.3) is 0 Å². The molecule has 0 saturated carbocycles. The number of hydrogen-bond donors (Lipinski definition) is 1. The number of rotatable bonds is 2. The van der Waals surface area contributed by atoms with Gasteiger partial charge in [0.1, 0.15) is 0 Å². The van der Waals surface area contributed by atoms with Crippen LogP contribution >= 0.6 is 0 Å². The zero-order valence-corrected chi connectivity index (χ0v) is 9.13. The predicted octanol–water partition coefficient (Wildman–Crippen LogP) is -1.38. The van der Waals surface area contributed by atoms with Crippen molar-refractivity contribution in [1.82, 2.24) is 4.90 Å². The monoisotopic (exact) mass is 231 g/mol. The molecule has 2 heterocycles. The molecule has 92 valence electrons. The van der Waals surface area contributed by atoms with Gasteiger partial charge < -0.3 is 24.2 Å². The fourth-order valence-corrected chi connectivity index (χ4v) is 1.91. The van der Waals surface area contributed by atoms with E-state index in [9.17, 15) is 4.79 Å². The molecule has 2 atom stereocenters. The second-order valence-corrected chi connectivity index (χ2v) is 3.88. The molecule has 2 fully saturated rings. The molecule has 0 radical (unpaired) electrons. The number of morpholine rings is 1. The SMILES string of the molecule is O=C(C1COCCO1)N1CCOCC1CO. The average Bonchev–Trinajstić information content (AvgIpc) is 2.39. The normalized spacial score (nSPS) is 31.4. The van der Waals surface area contributed by atoms with Crippen molar-refractivity contribution in [3.63, 3.8) is 0 Å². The summed E-state index contributed by atoms with van der Waals surface area (Å²) < 4.78 is 15.8. The first-order valence-electron chi connectivity index (χ1n) is 5.51. The Morgan fingerprint density at radius 3 is 2.75 bits per heavy atom. The summed E-state index contributed by atoms with van der Waals surface area (Å²) in [5, 5.41) is 9.16. The smallest absolute Gasteiger partial charge is 0.254 e. The van der Waals surface area contributed by atoms with E-state index >= 15 is 0 Å². The molecule has 0 spiro atoms. The Hall–Kier alpha value is -0.690. The second kappa shape index (κ2) is 5.58. The summed E-state index contributed by atoms with van der Waals surface area (Å²) in [5.74, 6) is -0.109. The van der Waals surface area contributed by atoms with Crippen LogP contribution in [0, 0.1) is 0 Å². The number of amides is 1. The molecular formula is C10H17NO5. The third-order valence-electron chi connectivity index (χ3n) is 2.81. The van der Waals surface area contributed by atoms with Gasteiger partial charge in [0.15, 0.2) is 6.10 Å². The molecule has 0 aromatic carbocycles. The Labute approximate surface area is 94.1 Å². The van der Waals surface area contributed by atoms with E-state index in [4.69, 9.17) is 19.3 Å². The molecule has 0 aliphatic carbocycles. The maximum Gasteiger partial charge on any atom is 0.254 e. The summed E-state index contributed by atoms with van der Waals surface area (Å²) in [4.78, 5) is 13.7. The van der Waals surface area contributed by atoms with Crippen LogP contribution in [-0.4, -0.2) is 74.2 Å². The minimum atomic E-state index is -0.527. The number of nitrogens with zero attached hydrogens (tertiary/aromatic N) is 1. The Morgan fingerprint density at radius 2 is 2.06 bits per heavy atom. The minimum Gasteiger partial charge on any atom is -0.394 e. The molecule has 2 saturated heterocycles. The van der Waals surface area contributed by atoms with Gasteiger partial charge in [-0.25, -0.2) is 0 Å². The first kappa shape index (κ1) is 11.8. The predicted molar refractivity (Wildman–Crippen MR) is 54.0 cm³/mol. The minimum absolute atomic E-state index is 0.0840. The molecule has 0 aromatic heterocycles. The Bertz CT molecular complexity index is 241. The molecule has 2 rings (SSSR count). The van der Waals surface area contributed by atoms with Gasteiger partial charge in [-0.05, 0) is 0 Å². The summed E-state index contributed by atoms with van der Waals surface area (Å²) in [6.45, 7) is 2.60. The number of carbonyl (C=O) groups is 1. The van der Waals surface area contributed by atoms with Crippen LogP contribution in [0.15, 0.2) is 0 Å². The number of aliphatic hydroxyl groups excluding tert-OH is 1. The molecule has 2 aliphatic heterocycles. The van der Waals surface area contributed by atoms with E-state index in [2.05, 4.69) is 0 Å². The number of aliphatic hydroxyl groups is 1. The number of carbonyl (C=O) groups excluding carboxylic acids is 1. The zero-order valence-electron chi connectivity index (χ0n) is 9.13. The van der Waals surface area contributed by atoms with E-state index in [1.807, 2.05) is 0 Å². The molecule has 6 nitrogen and oxygen atoms in total. The lowest BCUT2D eigenvalue weighted by atomic mass is 10.2. The highest BCUT2D eigenvalue weighted by molar-refractivity contribution is 5.81. The van der Waals surface area contributed by atoms with E-state index in [0.717, 1.165) is 0 Å². The van der Waals surface area contributed by atoms with Crippen molar-refractivity contribution >= 4 is 5.91 Å². The van der Waals surface area contributed by atoms with Crippen molar-refractivity contribution in [3.8, 4) is 0 Å². The number of ether oxygens (including phenoxy) is 3. The Morgan fingerprint density at radius 1 is 1.25 bits per heavy atom. The van der Waals surface area contributed by atoms with E-state index in [0.29, 0.717) is 39.6 Å². The standard InChI is InChI=1S/C10H17NO5/c12-5-8-6-14-2-1-11(8)10(13)9-7-15-3-4-16-9/h8-9,12H,1-7H2. The zero-order chi connectivity index (χ0) is 11.4. The summed E-state index contributed by atoms with van der Waals surface area (Å²) in [7, 11) is 0. The van der Waals surface area contributed by atoms with Gasteiger partial charge in [-0.1, -0.05) is 0 Å². The van der Waals surface area contributed by atoms with Gasteiger partial charge in [0.2, 0.25) is 0 Å². The van der Waals surface area contributed by atoms with Crippen molar-refractivity contribution in [3.05, 3.63) is 0 Å². The highest BCUT2D eigenvalue weighted by Gasteiger charge is 2.33. The van der Waals surface area contributed by atoms with Gasteiger partial charge in [-0.15, -0.1) is 0 Å². The third-order valence-corrected chi connectivity index (χ3v) is 2.81. The van der Waals surface area contributed by atoms with E-state index < -0.39 is 6.10 Å². The van der Waals surface area contributed by atoms with Gasteiger partial charge in [0.05, 0.1) is 45.7 Å². The van der Waals surface area contributed by atoms with Crippen molar-refractivity contribution in [2.45, 2.75) is 12.1 Å². The van der Waals surface area contributed by atoms with Gasteiger partial charge in [0, 0.05) is 6.54 Å². The molecule has 16 heavy (non-hydrogen) atoms. The molecule has 6 heteroatoms. The first-order valence-corrected chi connectivity index (χ1v) is 5.51. The fourth-order valence-electron chi connectivity index (χ4n) is 1.91.